The average molecular weight is 447 g/mol. The minimum Gasteiger partial charge on any atom is -0.497 e. The largest absolute Gasteiger partial charge is 0.497 e. The van der Waals surface area contributed by atoms with Crippen molar-refractivity contribution < 1.29 is 22.3 Å². The standard InChI is InChI=1S/C20H16F3N5O2S/c1-29-16-4-2-14(3-5-16)18-25-15(10-30-18)11-31-19-27-26-17(13-6-8-24-9-7-13)28(19)12-20(21,22)23/h2-10H,11-12H2,1H3. The Kier molecular flexibility index (Phi) is 5.94. The number of rotatable bonds is 7. The van der Waals surface area contributed by atoms with E-state index in [-0.39, 0.29) is 16.7 Å². The summed E-state index contributed by atoms with van der Waals surface area (Å²) in [4.78, 5) is 8.29. The molecule has 160 valence electrons. The molecular formula is C20H16F3N5O2S. The number of oxazole rings is 1. The van der Waals surface area contributed by atoms with Crippen LogP contribution in [0.4, 0.5) is 13.2 Å². The smallest absolute Gasteiger partial charge is 0.406 e. The summed E-state index contributed by atoms with van der Waals surface area (Å²) in [5, 5.41) is 8.06. The normalized spacial score (nSPS) is 11.6. The van der Waals surface area contributed by atoms with Crippen molar-refractivity contribution in [2.45, 2.75) is 23.6 Å². The van der Waals surface area contributed by atoms with E-state index in [1.165, 1.54) is 18.7 Å². The summed E-state index contributed by atoms with van der Waals surface area (Å²) in [7, 11) is 1.58. The van der Waals surface area contributed by atoms with E-state index in [9.17, 15) is 13.2 Å². The highest BCUT2D eigenvalue weighted by Gasteiger charge is 2.31. The SMILES string of the molecule is COc1ccc(-c2nc(CSc3nnc(-c4ccncc4)n3CC(F)(F)F)co2)cc1. The quantitative estimate of drug-likeness (QED) is 0.375. The van der Waals surface area contributed by atoms with Crippen molar-refractivity contribution in [2.24, 2.45) is 0 Å². The van der Waals surface area contributed by atoms with Gasteiger partial charge in [-0.15, -0.1) is 10.2 Å². The maximum Gasteiger partial charge on any atom is 0.406 e. The van der Waals surface area contributed by atoms with Crippen LogP contribution in [0.5, 0.6) is 5.75 Å². The fourth-order valence-electron chi connectivity index (χ4n) is 2.81. The van der Waals surface area contributed by atoms with Gasteiger partial charge in [-0.05, 0) is 36.4 Å². The Hall–Kier alpha value is -3.34. The van der Waals surface area contributed by atoms with Crippen LogP contribution >= 0.6 is 11.8 Å². The summed E-state index contributed by atoms with van der Waals surface area (Å²) in [6.07, 6.45) is 0.0331. The van der Waals surface area contributed by atoms with Crippen LogP contribution in [0, 0.1) is 0 Å². The fraction of sp³-hybridized carbons (Fsp3) is 0.200. The first-order chi connectivity index (χ1) is 14.9. The van der Waals surface area contributed by atoms with Gasteiger partial charge in [0.2, 0.25) is 5.89 Å². The molecule has 0 bridgehead atoms. The Morgan fingerprint density at radius 2 is 1.77 bits per heavy atom. The molecule has 7 nitrogen and oxygen atoms in total. The van der Waals surface area contributed by atoms with Gasteiger partial charge in [-0.3, -0.25) is 9.55 Å². The topological polar surface area (TPSA) is 78.9 Å². The lowest BCUT2D eigenvalue weighted by Gasteiger charge is -2.12. The number of ether oxygens (including phenoxy) is 1. The molecule has 0 N–H and O–H groups in total. The zero-order valence-electron chi connectivity index (χ0n) is 16.2. The van der Waals surface area contributed by atoms with Crippen LogP contribution in [0.25, 0.3) is 22.8 Å². The van der Waals surface area contributed by atoms with Crippen molar-refractivity contribution >= 4 is 11.8 Å². The van der Waals surface area contributed by atoms with Gasteiger partial charge in [0.05, 0.1) is 12.8 Å². The summed E-state index contributed by atoms with van der Waals surface area (Å²) in [6, 6.07) is 10.4. The maximum absolute atomic E-state index is 13.2. The zero-order chi connectivity index (χ0) is 21.8. The minimum atomic E-state index is -4.42. The van der Waals surface area contributed by atoms with E-state index in [0.717, 1.165) is 21.9 Å². The Balaban J connectivity index is 1.53. The summed E-state index contributed by atoms with van der Waals surface area (Å²) in [6.45, 7) is -1.20. The zero-order valence-corrected chi connectivity index (χ0v) is 17.0. The number of benzene rings is 1. The Labute approximate surface area is 179 Å². The van der Waals surface area contributed by atoms with Gasteiger partial charge < -0.3 is 9.15 Å². The van der Waals surface area contributed by atoms with E-state index in [2.05, 4.69) is 20.2 Å². The summed E-state index contributed by atoms with van der Waals surface area (Å²) >= 11 is 1.10. The molecule has 0 aliphatic rings. The molecule has 11 heteroatoms. The molecule has 0 saturated carbocycles. The molecule has 0 amide bonds. The van der Waals surface area contributed by atoms with Crippen molar-refractivity contribution in [3.63, 3.8) is 0 Å². The van der Waals surface area contributed by atoms with Crippen LogP contribution in [0.1, 0.15) is 5.69 Å². The second-order valence-corrected chi connectivity index (χ2v) is 7.35. The predicted molar refractivity (Wildman–Crippen MR) is 107 cm³/mol. The van der Waals surface area contributed by atoms with E-state index in [1.807, 2.05) is 12.1 Å². The molecule has 0 aliphatic carbocycles. The summed E-state index contributed by atoms with van der Waals surface area (Å²) in [5.41, 5.74) is 1.84. The number of nitrogens with zero attached hydrogens (tertiary/aromatic N) is 5. The third-order valence-electron chi connectivity index (χ3n) is 4.23. The highest BCUT2D eigenvalue weighted by molar-refractivity contribution is 7.98. The summed E-state index contributed by atoms with van der Waals surface area (Å²) in [5.74, 6) is 1.51. The molecular weight excluding hydrogens is 431 g/mol. The van der Waals surface area contributed by atoms with Gasteiger partial charge in [0.1, 0.15) is 18.6 Å². The number of thioether (sulfide) groups is 1. The van der Waals surface area contributed by atoms with Gasteiger partial charge in [0.15, 0.2) is 11.0 Å². The monoisotopic (exact) mass is 447 g/mol. The second kappa shape index (κ2) is 8.80. The number of aromatic nitrogens is 5. The molecule has 0 saturated heterocycles. The number of pyridine rings is 1. The second-order valence-electron chi connectivity index (χ2n) is 6.40. The molecule has 0 unspecified atom stereocenters. The molecule has 0 aliphatic heterocycles. The van der Waals surface area contributed by atoms with E-state index in [1.54, 1.807) is 31.4 Å². The molecule has 4 aromatic rings. The molecule has 3 heterocycles. The van der Waals surface area contributed by atoms with Crippen LogP contribution in [0.15, 0.2) is 64.6 Å². The minimum absolute atomic E-state index is 0.126. The van der Waals surface area contributed by atoms with E-state index in [4.69, 9.17) is 9.15 Å². The third-order valence-corrected chi connectivity index (χ3v) is 5.23. The van der Waals surface area contributed by atoms with Crippen molar-refractivity contribution in [1.29, 1.82) is 0 Å². The van der Waals surface area contributed by atoms with Gasteiger partial charge in [0, 0.05) is 29.3 Å². The molecule has 4 rings (SSSR count). The highest BCUT2D eigenvalue weighted by Crippen LogP contribution is 2.30. The highest BCUT2D eigenvalue weighted by atomic mass is 32.2. The van der Waals surface area contributed by atoms with Gasteiger partial charge in [-0.1, -0.05) is 11.8 Å². The van der Waals surface area contributed by atoms with Gasteiger partial charge >= 0.3 is 6.18 Å². The van der Waals surface area contributed by atoms with E-state index in [0.29, 0.717) is 22.9 Å². The van der Waals surface area contributed by atoms with Crippen LogP contribution in [0.2, 0.25) is 0 Å². The Bertz CT molecular complexity index is 1140. The van der Waals surface area contributed by atoms with Crippen molar-refractivity contribution in [3.05, 3.63) is 60.7 Å². The molecule has 31 heavy (non-hydrogen) atoms. The molecule has 1 aromatic carbocycles. The predicted octanol–water partition coefficient (Wildman–Crippen LogP) is 4.86. The Morgan fingerprint density at radius 1 is 1.03 bits per heavy atom. The first-order valence-corrected chi connectivity index (χ1v) is 10.0. The van der Waals surface area contributed by atoms with Crippen molar-refractivity contribution in [1.82, 2.24) is 24.7 Å². The molecule has 0 spiro atoms. The van der Waals surface area contributed by atoms with Gasteiger partial charge in [-0.2, -0.15) is 13.2 Å². The number of alkyl halides is 3. The fourth-order valence-corrected chi connectivity index (χ4v) is 3.62. The van der Waals surface area contributed by atoms with E-state index >= 15 is 0 Å². The average Bonchev–Trinajstić information content (AvgIpc) is 3.39. The number of hydrogen-bond donors (Lipinski definition) is 0. The lowest BCUT2D eigenvalue weighted by Crippen LogP contribution is -2.19. The van der Waals surface area contributed by atoms with E-state index < -0.39 is 12.7 Å². The van der Waals surface area contributed by atoms with Crippen molar-refractivity contribution in [2.75, 3.05) is 7.11 Å². The molecule has 0 atom stereocenters. The molecule has 3 aromatic heterocycles. The Morgan fingerprint density at radius 3 is 2.45 bits per heavy atom. The first kappa shape index (κ1) is 20.9. The summed E-state index contributed by atoms with van der Waals surface area (Å²) < 4.78 is 51.2. The van der Waals surface area contributed by atoms with Gasteiger partial charge in [0.25, 0.3) is 0 Å². The number of hydrogen-bond acceptors (Lipinski definition) is 7. The molecule has 0 radical (unpaired) electrons. The van der Waals surface area contributed by atoms with Gasteiger partial charge in [-0.25, -0.2) is 4.98 Å². The third kappa shape index (κ3) is 5.05. The number of methoxy groups -OCH3 is 1. The molecule has 0 fully saturated rings. The number of halogens is 3. The lowest BCUT2D eigenvalue weighted by molar-refractivity contribution is -0.141. The van der Waals surface area contributed by atoms with Crippen LogP contribution < -0.4 is 4.74 Å². The lowest BCUT2D eigenvalue weighted by atomic mass is 10.2. The van der Waals surface area contributed by atoms with Crippen molar-refractivity contribution in [3.8, 4) is 28.6 Å². The van der Waals surface area contributed by atoms with Crippen LogP contribution in [-0.4, -0.2) is 38.0 Å². The van der Waals surface area contributed by atoms with Crippen LogP contribution in [0.3, 0.4) is 0 Å². The maximum atomic E-state index is 13.2. The van der Waals surface area contributed by atoms with Crippen LogP contribution in [-0.2, 0) is 12.3 Å². The first-order valence-electron chi connectivity index (χ1n) is 9.05.